The lowest BCUT2D eigenvalue weighted by molar-refractivity contribution is 0.0543. The zero-order chi connectivity index (χ0) is 26.1. The van der Waals surface area contributed by atoms with Gasteiger partial charge in [-0.3, -0.25) is 0 Å². The summed E-state index contributed by atoms with van der Waals surface area (Å²) >= 11 is 0. The average Bonchev–Trinajstić information content (AvgIpc) is 2.73. The molecule has 4 rings (SSSR count). The van der Waals surface area contributed by atoms with E-state index in [1.807, 2.05) is 0 Å². The molecule has 1 aromatic rings. The lowest BCUT2D eigenvalue weighted by Gasteiger charge is -2.62. The van der Waals surface area contributed by atoms with Crippen molar-refractivity contribution in [2.45, 2.75) is 94.4 Å². The number of aryl methyl sites for hydroxylation is 1. The highest BCUT2D eigenvalue weighted by Crippen LogP contribution is 2.70. The number of benzene rings is 1. The fourth-order valence-corrected chi connectivity index (χ4v) is 8.54. The van der Waals surface area contributed by atoms with Gasteiger partial charge < -0.3 is 0 Å². The van der Waals surface area contributed by atoms with E-state index in [9.17, 15) is 0 Å². The van der Waals surface area contributed by atoms with E-state index in [1.54, 1.807) is 5.56 Å². The van der Waals surface area contributed by atoms with Crippen molar-refractivity contribution in [3.8, 4) is 0 Å². The van der Waals surface area contributed by atoms with Crippen molar-refractivity contribution in [1.82, 2.24) is 0 Å². The minimum Gasteiger partial charge on any atom is -0.0955 e. The quantitative estimate of drug-likeness (QED) is 0.414. The molecule has 3 aliphatic carbocycles. The minimum absolute atomic E-state index is 0.0841. The first-order chi connectivity index (χ1) is 16.3. The van der Waals surface area contributed by atoms with Gasteiger partial charge in [0.2, 0.25) is 0 Å². The maximum atomic E-state index is 4.84. The van der Waals surface area contributed by atoms with E-state index in [2.05, 4.69) is 87.1 Å². The molecule has 0 N–H and O–H groups in total. The summed E-state index contributed by atoms with van der Waals surface area (Å²) < 4.78 is 0. The lowest BCUT2D eigenvalue weighted by Crippen LogP contribution is -2.52. The van der Waals surface area contributed by atoms with E-state index in [0.717, 1.165) is 31.3 Å². The van der Waals surface area contributed by atoms with Crippen molar-refractivity contribution in [3.05, 3.63) is 93.1 Å². The zero-order valence-corrected chi connectivity index (χ0v) is 23.9. The highest BCUT2D eigenvalue weighted by Gasteiger charge is 2.59. The van der Waals surface area contributed by atoms with Gasteiger partial charge in [-0.25, -0.2) is 0 Å². The molecule has 0 aromatic heterocycles. The fraction of sp³-hybridized carbons (Fsp3) is 0.486. The van der Waals surface area contributed by atoms with Gasteiger partial charge in [-0.05, 0) is 121 Å². The van der Waals surface area contributed by atoms with E-state index in [-0.39, 0.29) is 16.2 Å². The molecule has 0 unspecified atom stereocenters. The number of hydrogen-bond donors (Lipinski definition) is 0. The molecule has 0 saturated carbocycles. The van der Waals surface area contributed by atoms with Gasteiger partial charge in [-0.1, -0.05) is 88.8 Å². The smallest absolute Gasteiger partial charge is 0.0194 e. The molecular weight excluding hydrogens is 420 g/mol. The monoisotopic (exact) mass is 466 g/mol. The van der Waals surface area contributed by atoms with Crippen LogP contribution in [0.5, 0.6) is 0 Å². The summed E-state index contributed by atoms with van der Waals surface area (Å²) in [6.45, 7) is 35.0. The molecule has 0 aliphatic heterocycles. The summed E-state index contributed by atoms with van der Waals surface area (Å²) in [7, 11) is 0. The van der Waals surface area contributed by atoms with Gasteiger partial charge >= 0.3 is 0 Å². The molecule has 0 radical (unpaired) electrons. The van der Waals surface area contributed by atoms with Crippen molar-refractivity contribution in [2.75, 3.05) is 0 Å². The van der Waals surface area contributed by atoms with Crippen molar-refractivity contribution in [3.63, 3.8) is 0 Å². The Morgan fingerprint density at radius 2 is 1.74 bits per heavy atom. The SMILES string of the molecule is C=C(C)C1=C(C)C[C@@]2(C)C[C@@]3(C)Cc4c(CCC)cc(/C=C/C)c(C)c4C(=C)C3=C(C)[C@@]2(C)C1=C. The summed E-state index contributed by atoms with van der Waals surface area (Å²) in [4.78, 5) is 0. The predicted molar refractivity (Wildman–Crippen MR) is 156 cm³/mol. The molecule has 3 aliphatic rings. The van der Waals surface area contributed by atoms with Gasteiger partial charge in [0.25, 0.3) is 0 Å². The van der Waals surface area contributed by atoms with Crippen LogP contribution in [-0.4, -0.2) is 0 Å². The molecule has 0 nitrogen and oxygen atoms in total. The molecular formula is C35H46. The Balaban J connectivity index is 2.03. The highest BCUT2D eigenvalue weighted by atomic mass is 14.6. The molecule has 0 spiro atoms. The maximum Gasteiger partial charge on any atom is 0.0194 e. The van der Waals surface area contributed by atoms with Crippen molar-refractivity contribution >= 4 is 11.6 Å². The van der Waals surface area contributed by atoms with E-state index in [0.29, 0.717) is 0 Å². The van der Waals surface area contributed by atoms with Gasteiger partial charge in [0.15, 0.2) is 0 Å². The van der Waals surface area contributed by atoms with Crippen LogP contribution in [0.15, 0.2) is 65.3 Å². The van der Waals surface area contributed by atoms with Crippen LogP contribution in [0, 0.1) is 23.2 Å². The van der Waals surface area contributed by atoms with Crippen LogP contribution in [0.4, 0.5) is 0 Å². The second kappa shape index (κ2) is 8.36. The van der Waals surface area contributed by atoms with E-state index >= 15 is 0 Å². The Labute approximate surface area is 215 Å². The van der Waals surface area contributed by atoms with Crippen LogP contribution in [-0.2, 0) is 12.8 Å². The maximum absolute atomic E-state index is 4.84. The van der Waals surface area contributed by atoms with Crippen LogP contribution in [0.3, 0.4) is 0 Å². The first-order valence-corrected chi connectivity index (χ1v) is 13.5. The summed E-state index contributed by atoms with van der Waals surface area (Å²) in [5.74, 6) is 0. The molecule has 0 saturated heterocycles. The van der Waals surface area contributed by atoms with E-state index < -0.39 is 0 Å². The number of fused-ring (bicyclic) bond motifs is 3. The van der Waals surface area contributed by atoms with E-state index in [4.69, 9.17) is 13.2 Å². The second-order valence-electron chi connectivity index (χ2n) is 12.5. The molecule has 0 heterocycles. The van der Waals surface area contributed by atoms with Crippen LogP contribution in [0.1, 0.15) is 102 Å². The highest BCUT2D eigenvalue weighted by molar-refractivity contribution is 5.88. The Hall–Kier alpha value is -2.34. The van der Waals surface area contributed by atoms with Crippen LogP contribution >= 0.6 is 0 Å². The molecule has 0 amide bonds. The number of allylic oxidation sites excluding steroid dienone is 8. The zero-order valence-electron chi connectivity index (χ0n) is 23.9. The van der Waals surface area contributed by atoms with Crippen molar-refractivity contribution in [2.24, 2.45) is 16.2 Å². The second-order valence-corrected chi connectivity index (χ2v) is 12.5. The van der Waals surface area contributed by atoms with Crippen LogP contribution in [0.25, 0.3) is 11.6 Å². The molecule has 0 bridgehead atoms. The Morgan fingerprint density at radius 1 is 1.09 bits per heavy atom. The summed E-state index contributed by atoms with van der Waals surface area (Å²) in [5, 5.41) is 0. The minimum atomic E-state index is -0.100. The Morgan fingerprint density at radius 3 is 2.31 bits per heavy atom. The van der Waals surface area contributed by atoms with Gasteiger partial charge in [0.1, 0.15) is 0 Å². The summed E-state index contributed by atoms with van der Waals surface area (Å²) in [6.07, 6.45) is 10.1. The Kier molecular flexibility index (Phi) is 6.15. The predicted octanol–water partition coefficient (Wildman–Crippen LogP) is 10.1. The normalized spacial score (nSPS) is 30.5. The van der Waals surface area contributed by atoms with Crippen molar-refractivity contribution < 1.29 is 0 Å². The fourth-order valence-electron chi connectivity index (χ4n) is 8.54. The van der Waals surface area contributed by atoms with Crippen LogP contribution in [0.2, 0.25) is 0 Å². The number of hydrogen-bond acceptors (Lipinski definition) is 0. The average molecular weight is 467 g/mol. The Bertz CT molecular complexity index is 1260. The van der Waals surface area contributed by atoms with Gasteiger partial charge in [0.05, 0.1) is 0 Å². The first kappa shape index (κ1) is 25.7. The first-order valence-electron chi connectivity index (χ1n) is 13.5. The topological polar surface area (TPSA) is 0 Å². The third-order valence-electron chi connectivity index (χ3n) is 9.99. The standard InChI is InChI=1S/C35H46/c1-13-15-27-17-28(16-14-2)29-19-33(10)20-34(11)18-22(5)30(21(3)4)25(8)35(34,12)26(9)32(33)24(7)31(29)23(27)6/h13,15,17H,3,7-8,14,16,18-20H2,1-2,4-6,9-12H3/b15-13+/t33-,34+,35-/m1/s1. The summed E-state index contributed by atoms with van der Waals surface area (Å²) in [6, 6.07) is 2.46. The molecule has 3 atom stereocenters. The van der Waals surface area contributed by atoms with Crippen molar-refractivity contribution in [1.29, 1.82) is 0 Å². The van der Waals surface area contributed by atoms with Gasteiger partial charge in [-0.2, -0.15) is 0 Å². The number of rotatable bonds is 4. The van der Waals surface area contributed by atoms with Gasteiger partial charge in [0, 0.05) is 5.41 Å². The van der Waals surface area contributed by atoms with Crippen LogP contribution < -0.4 is 0 Å². The largest absolute Gasteiger partial charge is 0.0955 e. The van der Waals surface area contributed by atoms with Gasteiger partial charge in [-0.15, -0.1) is 0 Å². The molecule has 0 heteroatoms. The molecule has 35 heavy (non-hydrogen) atoms. The molecule has 0 fully saturated rings. The molecule has 186 valence electrons. The summed E-state index contributed by atoms with van der Waals surface area (Å²) in [5.41, 5.74) is 16.7. The lowest BCUT2D eigenvalue weighted by atomic mass is 9.41. The third-order valence-corrected chi connectivity index (χ3v) is 9.99. The van der Waals surface area contributed by atoms with E-state index in [1.165, 1.54) is 62.1 Å². The third kappa shape index (κ3) is 3.39. The molecule has 1 aromatic carbocycles.